The monoisotopic (exact) mass is 288 g/mol. The summed E-state index contributed by atoms with van der Waals surface area (Å²) in [4.78, 5) is 16.3. The van der Waals surface area contributed by atoms with Crippen molar-refractivity contribution in [2.75, 3.05) is 7.11 Å². The lowest BCUT2D eigenvalue weighted by atomic mass is 10.2. The van der Waals surface area contributed by atoms with Gasteiger partial charge in [-0.3, -0.25) is 0 Å². The second-order valence-corrected chi connectivity index (χ2v) is 4.27. The van der Waals surface area contributed by atoms with Crippen LogP contribution in [0.4, 0.5) is 0 Å². The normalized spacial score (nSPS) is 10.5. The van der Waals surface area contributed by atoms with E-state index in [1.807, 2.05) is 12.1 Å². The number of hydrogen-bond donors (Lipinski definition) is 0. The number of fused-ring (bicyclic) bond motifs is 1. The molecule has 0 aliphatic heterocycles. The van der Waals surface area contributed by atoms with Gasteiger partial charge >= 0.3 is 12.0 Å². The predicted molar refractivity (Wildman–Crippen MR) is 73.2 cm³/mol. The summed E-state index contributed by atoms with van der Waals surface area (Å²) in [5.74, 6) is 0.562. The largest absolute Gasteiger partial charge is 0.467 e. The zero-order chi connectivity index (χ0) is 13.9. The number of nitrogens with zero attached hydrogens (tertiary/aromatic N) is 4. The van der Waals surface area contributed by atoms with E-state index >= 15 is 0 Å². The van der Waals surface area contributed by atoms with Crippen molar-refractivity contribution in [3.63, 3.8) is 0 Å². The Balaban J connectivity index is 2.01. The van der Waals surface area contributed by atoms with Crippen LogP contribution in [0.1, 0.15) is 0 Å². The van der Waals surface area contributed by atoms with Crippen molar-refractivity contribution in [1.29, 1.82) is 0 Å². The summed E-state index contributed by atoms with van der Waals surface area (Å²) in [6.07, 6.45) is 4.56. The number of halogens is 1. The standard InChI is InChI=1S/C13H9ClN4O2/c1-19-13-17-7-9-10(18-13)3-2-4-11(9)20-12-15-5-8(14)6-16-12/h2-7H,1H3. The first-order valence-electron chi connectivity index (χ1n) is 5.71. The fourth-order valence-corrected chi connectivity index (χ4v) is 1.75. The van der Waals surface area contributed by atoms with Gasteiger partial charge in [0.2, 0.25) is 0 Å². The van der Waals surface area contributed by atoms with Crippen LogP contribution < -0.4 is 9.47 Å². The Kier molecular flexibility index (Phi) is 3.30. The zero-order valence-electron chi connectivity index (χ0n) is 10.4. The molecule has 0 amide bonds. The smallest absolute Gasteiger partial charge is 0.321 e. The molecule has 0 N–H and O–H groups in total. The number of hydrogen-bond acceptors (Lipinski definition) is 6. The van der Waals surface area contributed by atoms with Crippen LogP contribution in [-0.4, -0.2) is 27.0 Å². The van der Waals surface area contributed by atoms with E-state index in [2.05, 4.69) is 19.9 Å². The fourth-order valence-electron chi connectivity index (χ4n) is 1.65. The summed E-state index contributed by atoms with van der Waals surface area (Å²) in [6, 6.07) is 5.96. The molecule has 6 nitrogen and oxygen atoms in total. The summed E-state index contributed by atoms with van der Waals surface area (Å²) < 4.78 is 10.6. The van der Waals surface area contributed by atoms with Crippen molar-refractivity contribution in [3.8, 4) is 17.8 Å². The number of aromatic nitrogens is 4. The molecule has 0 radical (unpaired) electrons. The van der Waals surface area contributed by atoms with Crippen LogP contribution in [0, 0.1) is 0 Å². The van der Waals surface area contributed by atoms with Crippen LogP contribution in [0.2, 0.25) is 5.02 Å². The minimum absolute atomic E-state index is 0.206. The lowest BCUT2D eigenvalue weighted by Gasteiger charge is -2.07. The highest BCUT2D eigenvalue weighted by Gasteiger charge is 2.08. The molecule has 0 unspecified atom stereocenters. The summed E-state index contributed by atoms with van der Waals surface area (Å²) in [5.41, 5.74) is 0.711. The van der Waals surface area contributed by atoms with Gasteiger partial charge in [-0.15, -0.1) is 0 Å². The van der Waals surface area contributed by atoms with Gasteiger partial charge in [-0.2, -0.15) is 4.98 Å². The molecule has 3 aromatic rings. The molecule has 0 atom stereocenters. The lowest BCUT2D eigenvalue weighted by molar-refractivity contribution is 0.381. The third-order valence-electron chi connectivity index (χ3n) is 2.54. The minimum atomic E-state index is 0.206. The number of rotatable bonds is 3. The summed E-state index contributed by atoms with van der Waals surface area (Å²) in [7, 11) is 1.52. The summed E-state index contributed by atoms with van der Waals surface area (Å²) in [6.45, 7) is 0. The molecular weight excluding hydrogens is 280 g/mol. The van der Waals surface area contributed by atoms with Gasteiger partial charge in [-0.25, -0.2) is 15.0 Å². The van der Waals surface area contributed by atoms with Crippen LogP contribution in [0.15, 0.2) is 36.8 Å². The Morgan fingerprint density at radius 1 is 1.00 bits per heavy atom. The Morgan fingerprint density at radius 3 is 2.50 bits per heavy atom. The van der Waals surface area contributed by atoms with Crippen molar-refractivity contribution < 1.29 is 9.47 Å². The van der Waals surface area contributed by atoms with E-state index in [0.29, 0.717) is 22.3 Å². The molecule has 0 aliphatic rings. The average Bonchev–Trinajstić information content (AvgIpc) is 2.49. The average molecular weight is 289 g/mol. The first-order valence-corrected chi connectivity index (χ1v) is 6.09. The molecule has 0 saturated carbocycles. The van der Waals surface area contributed by atoms with Crippen LogP contribution >= 0.6 is 11.6 Å². The third-order valence-corrected chi connectivity index (χ3v) is 2.74. The molecule has 3 rings (SSSR count). The first-order chi connectivity index (χ1) is 9.76. The molecule has 2 aromatic heterocycles. The van der Waals surface area contributed by atoms with E-state index in [4.69, 9.17) is 21.1 Å². The second kappa shape index (κ2) is 5.26. The molecule has 0 fully saturated rings. The molecule has 0 bridgehead atoms. The van der Waals surface area contributed by atoms with Crippen LogP contribution in [0.25, 0.3) is 10.9 Å². The minimum Gasteiger partial charge on any atom is -0.467 e. The molecule has 100 valence electrons. The van der Waals surface area contributed by atoms with Gasteiger partial charge < -0.3 is 9.47 Å². The molecule has 0 spiro atoms. The van der Waals surface area contributed by atoms with Crippen molar-refractivity contribution in [2.24, 2.45) is 0 Å². The zero-order valence-corrected chi connectivity index (χ0v) is 11.2. The molecule has 0 aliphatic carbocycles. The van der Waals surface area contributed by atoms with E-state index < -0.39 is 0 Å². The summed E-state index contributed by atoms with van der Waals surface area (Å²) >= 11 is 5.73. The molecule has 0 saturated heterocycles. The predicted octanol–water partition coefficient (Wildman–Crippen LogP) is 2.87. The van der Waals surface area contributed by atoms with Crippen LogP contribution in [-0.2, 0) is 0 Å². The van der Waals surface area contributed by atoms with Crippen LogP contribution in [0.3, 0.4) is 0 Å². The fraction of sp³-hybridized carbons (Fsp3) is 0.0769. The quantitative estimate of drug-likeness (QED) is 0.738. The van der Waals surface area contributed by atoms with Crippen LogP contribution in [0.5, 0.6) is 17.8 Å². The first kappa shape index (κ1) is 12.6. The van der Waals surface area contributed by atoms with Crippen molar-refractivity contribution in [3.05, 3.63) is 41.8 Å². The Bertz CT molecular complexity index is 749. The Hall–Kier alpha value is -2.47. The molecule has 2 heterocycles. The maximum absolute atomic E-state index is 5.73. The summed E-state index contributed by atoms with van der Waals surface area (Å²) in [5, 5.41) is 1.19. The van der Waals surface area contributed by atoms with Gasteiger partial charge in [0.05, 0.1) is 35.4 Å². The van der Waals surface area contributed by atoms with Crippen molar-refractivity contribution >= 4 is 22.5 Å². The van der Waals surface area contributed by atoms with E-state index in [9.17, 15) is 0 Å². The van der Waals surface area contributed by atoms with Gasteiger partial charge in [-0.05, 0) is 12.1 Å². The Labute approximate surface area is 119 Å². The van der Waals surface area contributed by atoms with E-state index in [0.717, 1.165) is 5.39 Å². The van der Waals surface area contributed by atoms with E-state index in [1.165, 1.54) is 19.5 Å². The second-order valence-electron chi connectivity index (χ2n) is 3.83. The molecule has 20 heavy (non-hydrogen) atoms. The maximum atomic E-state index is 5.73. The topological polar surface area (TPSA) is 70.0 Å². The van der Waals surface area contributed by atoms with Crippen molar-refractivity contribution in [1.82, 2.24) is 19.9 Å². The SMILES string of the molecule is COc1ncc2c(Oc3ncc(Cl)cn3)cccc2n1. The van der Waals surface area contributed by atoms with E-state index in [1.54, 1.807) is 12.3 Å². The van der Waals surface area contributed by atoms with Gasteiger partial charge in [0.1, 0.15) is 5.75 Å². The lowest BCUT2D eigenvalue weighted by Crippen LogP contribution is -1.95. The maximum Gasteiger partial charge on any atom is 0.321 e. The van der Waals surface area contributed by atoms with Gasteiger partial charge in [0.25, 0.3) is 0 Å². The number of methoxy groups -OCH3 is 1. The van der Waals surface area contributed by atoms with E-state index in [-0.39, 0.29) is 6.01 Å². The highest BCUT2D eigenvalue weighted by Crippen LogP contribution is 2.27. The van der Waals surface area contributed by atoms with Gasteiger partial charge in [0.15, 0.2) is 0 Å². The van der Waals surface area contributed by atoms with Gasteiger partial charge in [-0.1, -0.05) is 17.7 Å². The number of ether oxygens (including phenoxy) is 2. The van der Waals surface area contributed by atoms with Gasteiger partial charge in [0, 0.05) is 6.20 Å². The third kappa shape index (κ3) is 2.46. The Morgan fingerprint density at radius 2 is 1.75 bits per heavy atom. The van der Waals surface area contributed by atoms with Crippen molar-refractivity contribution in [2.45, 2.75) is 0 Å². The molecule has 7 heteroatoms. The molecule has 1 aromatic carbocycles. The number of benzene rings is 1. The highest BCUT2D eigenvalue weighted by atomic mass is 35.5. The molecular formula is C13H9ClN4O2. The highest BCUT2D eigenvalue weighted by molar-refractivity contribution is 6.30.